The topological polar surface area (TPSA) is 92.2 Å². The molecule has 1 saturated heterocycles. The van der Waals surface area contributed by atoms with Crippen molar-refractivity contribution >= 4 is 16.9 Å². The Hall–Kier alpha value is -4.05. The minimum atomic E-state index is -0.723. The molecule has 44 heavy (non-hydrogen) atoms. The van der Waals surface area contributed by atoms with E-state index < -0.39 is 11.8 Å². The quantitative estimate of drug-likeness (QED) is 0.128. The summed E-state index contributed by atoms with van der Waals surface area (Å²) in [6, 6.07) is 25.0. The number of ether oxygens (including phenoxy) is 4. The maximum atomic E-state index is 12.4. The third-order valence-corrected chi connectivity index (χ3v) is 7.24. The van der Waals surface area contributed by atoms with Crippen LogP contribution in [0.5, 0.6) is 6.01 Å². The number of benzene rings is 3. The molecule has 0 spiro atoms. The van der Waals surface area contributed by atoms with Gasteiger partial charge in [-0.1, -0.05) is 66.7 Å². The first-order chi connectivity index (χ1) is 21.3. The molecule has 0 amide bonds. The molecule has 232 valence electrons. The lowest BCUT2D eigenvalue weighted by Gasteiger charge is -2.37. The number of piperidine rings is 1. The molecule has 2 heterocycles. The normalized spacial score (nSPS) is 17.3. The van der Waals surface area contributed by atoms with Gasteiger partial charge in [0.2, 0.25) is 0 Å². The maximum Gasteiger partial charge on any atom is 0.528 e. The van der Waals surface area contributed by atoms with Crippen LogP contribution in [-0.4, -0.2) is 59.2 Å². The van der Waals surface area contributed by atoms with E-state index in [0.29, 0.717) is 51.9 Å². The van der Waals surface area contributed by atoms with Crippen molar-refractivity contribution < 1.29 is 28.6 Å². The molecule has 4 aromatic rings. The number of hydrogen-bond acceptors (Lipinski definition) is 9. The summed E-state index contributed by atoms with van der Waals surface area (Å²) in [7, 11) is 0. The number of carbonyl (C=O) groups excluding carboxylic acids is 1. The molecule has 0 saturated carbocycles. The number of fused-ring (bicyclic) bond motifs is 1. The first-order valence-electron chi connectivity index (χ1n) is 15.1. The summed E-state index contributed by atoms with van der Waals surface area (Å²) in [5, 5.41) is 3.96. The van der Waals surface area contributed by atoms with Crippen molar-refractivity contribution in [2.45, 2.75) is 64.4 Å². The predicted molar refractivity (Wildman–Crippen MR) is 167 cm³/mol. The van der Waals surface area contributed by atoms with Gasteiger partial charge in [0.25, 0.3) is 0 Å². The highest BCUT2D eigenvalue weighted by Gasteiger charge is 2.34. The van der Waals surface area contributed by atoms with E-state index in [1.54, 1.807) is 17.5 Å². The molecule has 1 fully saturated rings. The van der Waals surface area contributed by atoms with Gasteiger partial charge in [-0.2, -0.15) is 0 Å². The molecule has 2 unspecified atom stereocenters. The summed E-state index contributed by atoms with van der Waals surface area (Å²) in [6.45, 7) is 8.40. The van der Waals surface area contributed by atoms with Gasteiger partial charge < -0.3 is 23.8 Å². The maximum absolute atomic E-state index is 12.4. The summed E-state index contributed by atoms with van der Waals surface area (Å²) in [5.74, 6) is 0.00868. The first-order valence-corrected chi connectivity index (χ1v) is 15.1. The van der Waals surface area contributed by atoms with Crippen LogP contribution < -0.4 is 4.74 Å². The van der Waals surface area contributed by atoms with Crippen molar-refractivity contribution in [3.63, 3.8) is 0 Å². The van der Waals surface area contributed by atoms with Gasteiger partial charge in [-0.25, -0.2) is 14.8 Å². The predicted octanol–water partition coefficient (Wildman–Crippen LogP) is 6.86. The van der Waals surface area contributed by atoms with Crippen LogP contribution in [0.3, 0.4) is 0 Å². The fourth-order valence-electron chi connectivity index (χ4n) is 5.11. The van der Waals surface area contributed by atoms with E-state index in [4.69, 9.17) is 23.8 Å². The summed E-state index contributed by atoms with van der Waals surface area (Å²) < 4.78 is 23.3. The van der Waals surface area contributed by atoms with Crippen LogP contribution in [0.1, 0.15) is 56.2 Å². The summed E-state index contributed by atoms with van der Waals surface area (Å²) in [4.78, 5) is 26.8. The van der Waals surface area contributed by atoms with E-state index in [0.717, 1.165) is 28.5 Å². The molecule has 5 rings (SSSR count). The molecule has 1 aliphatic heterocycles. The van der Waals surface area contributed by atoms with Crippen LogP contribution in [0.25, 0.3) is 10.8 Å². The summed E-state index contributed by atoms with van der Waals surface area (Å²) >= 11 is 0. The van der Waals surface area contributed by atoms with Crippen molar-refractivity contribution in [1.29, 1.82) is 0 Å². The summed E-state index contributed by atoms with van der Waals surface area (Å²) in [5.41, 5.74) is 2.52. The zero-order valence-electron chi connectivity index (χ0n) is 25.7. The Morgan fingerprint density at radius 2 is 1.64 bits per heavy atom. The number of aromatic nitrogens is 2. The summed E-state index contributed by atoms with van der Waals surface area (Å²) in [6.07, 6.45) is 4.03. The molecule has 2 atom stereocenters. The van der Waals surface area contributed by atoms with Gasteiger partial charge in [0.1, 0.15) is 5.60 Å². The lowest BCUT2D eigenvalue weighted by atomic mass is 9.89. The fourth-order valence-corrected chi connectivity index (χ4v) is 5.11. The first kappa shape index (κ1) is 31.4. The molecular formula is C35H41N3O6. The Bertz CT molecular complexity index is 1480. The lowest BCUT2D eigenvalue weighted by molar-refractivity contribution is -0.179. The van der Waals surface area contributed by atoms with Crippen molar-refractivity contribution in [2.75, 3.05) is 26.3 Å². The van der Waals surface area contributed by atoms with E-state index in [1.165, 1.54) is 5.39 Å². The molecule has 9 nitrogen and oxygen atoms in total. The standard InChI is InChI=1S/C35H41N3O6/c1-35(2,3)43-34(39)44-38-17-16-31(32(23-38)42-25-27-14-15-28-12-7-8-13-29(28)20-27)30-21-36-33(37-22-30)41-19-9-18-40-24-26-10-5-4-6-11-26/h4-8,10-15,20-22,31-32H,9,16-19,23-25H2,1-3H3. The van der Waals surface area contributed by atoms with E-state index in [1.807, 2.05) is 63.2 Å². The molecular weight excluding hydrogens is 558 g/mol. The van der Waals surface area contributed by atoms with E-state index in [9.17, 15) is 4.79 Å². The Kier molecular flexibility index (Phi) is 10.8. The Morgan fingerprint density at radius 1 is 0.886 bits per heavy atom. The van der Waals surface area contributed by atoms with Crippen molar-refractivity contribution in [1.82, 2.24) is 15.0 Å². The van der Waals surface area contributed by atoms with E-state index in [-0.39, 0.29) is 12.0 Å². The molecule has 0 aliphatic carbocycles. The molecule has 3 aromatic carbocycles. The highest BCUT2D eigenvalue weighted by molar-refractivity contribution is 5.82. The third-order valence-electron chi connectivity index (χ3n) is 7.24. The Labute approximate surface area is 259 Å². The van der Waals surface area contributed by atoms with Crippen molar-refractivity contribution in [2.24, 2.45) is 0 Å². The Morgan fingerprint density at radius 3 is 2.41 bits per heavy atom. The second-order valence-electron chi connectivity index (χ2n) is 11.9. The van der Waals surface area contributed by atoms with Gasteiger partial charge in [0.15, 0.2) is 0 Å². The second-order valence-corrected chi connectivity index (χ2v) is 11.9. The minimum Gasteiger partial charge on any atom is -0.463 e. The van der Waals surface area contributed by atoms with Gasteiger partial charge in [0, 0.05) is 31.3 Å². The molecule has 1 aliphatic rings. The average Bonchev–Trinajstić information content (AvgIpc) is 3.01. The van der Waals surface area contributed by atoms with E-state index >= 15 is 0 Å². The van der Waals surface area contributed by atoms with Crippen LogP contribution in [0.15, 0.2) is 85.2 Å². The van der Waals surface area contributed by atoms with Gasteiger partial charge in [0.05, 0.1) is 39.1 Å². The highest BCUT2D eigenvalue weighted by Crippen LogP contribution is 2.31. The Balaban J connectivity index is 1.17. The van der Waals surface area contributed by atoms with Crippen LogP contribution in [-0.2, 0) is 32.3 Å². The van der Waals surface area contributed by atoms with Crippen molar-refractivity contribution in [3.05, 3.63) is 102 Å². The van der Waals surface area contributed by atoms with Gasteiger partial charge >= 0.3 is 12.2 Å². The second kappa shape index (κ2) is 15.1. The highest BCUT2D eigenvalue weighted by atomic mass is 16.8. The zero-order chi connectivity index (χ0) is 30.8. The van der Waals surface area contributed by atoms with Gasteiger partial charge in [-0.15, -0.1) is 5.06 Å². The number of rotatable bonds is 12. The SMILES string of the molecule is CC(C)(C)OC(=O)ON1CCC(c2cnc(OCCCOCc3ccccc3)nc2)C(OCc2ccc3ccccc3c2)C1. The number of hydrogen-bond donors (Lipinski definition) is 0. The van der Waals surface area contributed by atoms with Gasteiger partial charge in [-0.3, -0.25) is 0 Å². The number of carbonyl (C=O) groups is 1. The molecule has 0 bridgehead atoms. The monoisotopic (exact) mass is 599 g/mol. The molecule has 1 aromatic heterocycles. The minimum absolute atomic E-state index is 0.00868. The van der Waals surface area contributed by atoms with Crippen molar-refractivity contribution in [3.8, 4) is 6.01 Å². The fraction of sp³-hybridized carbons (Fsp3) is 0.400. The number of hydroxylamine groups is 2. The van der Waals surface area contributed by atoms with Gasteiger partial charge in [-0.05, 0) is 60.7 Å². The number of nitrogens with zero attached hydrogens (tertiary/aromatic N) is 3. The zero-order valence-corrected chi connectivity index (χ0v) is 25.7. The third kappa shape index (κ3) is 9.47. The van der Waals surface area contributed by atoms with Crippen LogP contribution in [0, 0.1) is 0 Å². The van der Waals surface area contributed by atoms with E-state index in [2.05, 4.69) is 40.3 Å². The molecule has 0 radical (unpaired) electrons. The molecule has 9 heteroatoms. The smallest absolute Gasteiger partial charge is 0.463 e. The lowest BCUT2D eigenvalue weighted by Crippen LogP contribution is -2.45. The van der Waals surface area contributed by atoms with Crippen LogP contribution in [0.4, 0.5) is 4.79 Å². The molecule has 0 N–H and O–H groups in total. The van der Waals surface area contributed by atoms with Crippen LogP contribution >= 0.6 is 0 Å². The average molecular weight is 600 g/mol. The van der Waals surface area contributed by atoms with Crippen LogP contribution in [0.2, 0.25) is 0 Å². The largest absolute Gasteiger partial charge is 0.528 e.